The van der Waals surface area contributed by atoms with E-state index in [2.05, 4.69) is 0 Å². The number of hydrogen-bond donors (Lipinski definition) is 1. The van der Waals surface area contributed by atoms with Gasteiger partial charge in [-0.2, -0.15) is 13.2 Å². The topological polar surface area (TPSA) is 114 Å². The van der Waals surface area contributed by atoms with Crippen molar-refractivity contribution in [3.8, 4) is 0 Å². The molecule has 200 valence electrons. The van der Waals surface area contributed by atoms with Crippen molar-refractivity contribution in [2.45, 2.75) is 38.1 Å². The van der Waals surface area contributed by atoms with Crippen LogP contribution in [0.4, 0.5) is 22.0 Å². The molecule has 0 radical (unpaired) electrons. The first-order chi connectivity index (χ1) is 16.9. The van der Waals surface area contributed by atoms with Gasteiger partial charge in [0.25, 0.3) is 0 Å². The highest BCUT2D eigenvalue weighted by atomic mass is 35.5. The second kappa shape index (κ2) is 9.94. The molecule has 0 amide bonds. The Balaban J connectivity index is 2.10. The Kier molecular flexibility index (Phi) is 7.79. The molecule has 0 aliphatic heterocycles. The Morgan fingerprint density at radius 3 is 1.78 bits per heavy atom. The number of benzene rings is 3. The van der Waals surface area contributed by atoms with Gasteiger partial charge in [-0.15, -0.1) is 0 Å². The number of halogens is 6. The van der Waals surface area contributed by atoms with Gasteiger partial charge in [-0.05, 0) is 48.9 Å². The Morgan fingerprint density at radius 1 is 0.757 bits per heavy atom. The van der Waals surface area contributed by atoms with E-state index in [4.69, 9.17) is 11.6 Å². The summed E-state index contributed by atoms with van der Waals surface area (Å²) >= 11 is 6.02. The Hall–Kier alpha value is -2.59. The third kappa shape index (κ3) is 5.50. The highest BCUT2D eigenvalue weighted by Crippen LogP contribution is 2.37. The average Bonchev–Trinajstić information content (AvgIpc) is 2.77. The van der Waals surface area contributed by atoms with Crippen molar-refractivity contribution in [3.05, 3.63) is 82.9 Å². The van der Waals surface area contributed by atoms with Gasteiger partial charge in [0.05, 0.1) is 14.8 Å². The van der Waals surface area contributed by atoms with Crippen LogP contribution in [-0.2, 0) is 29.7 Å². The largest absolute Gasteiger partial charge is 0.511 e. The quantitative estimate of drug-likeness (QED) is 0.389. The van der Waals surface area contributed by atoms with Gasteiger partial charge in [0.1, 0.15) is 21.4 Å². The minimum atomic E-state index is -5.70. The van der Waals surface area contributed by atoms with Crippen LogP contribution in [-0.4, -0.2) is 30.8 Å². The van der Waals surface area contributed by atoms with Crippen LogP contribution in [0.25, 0.3) is 0 Å². The molecule has 0 aromatic heterocycles. The Morgan fingerprint density at radius 2 is 1.27 bits per heavy atom. The van der Waals surface area contributed by atoms with E-state index in [1.807, 2.05) is 0 Å². The number of hydrogen-bond acceptors (Lipinski definition) is 6. The third-order valence-corrected chi connectivity index (χ3v) is 10.6. The zero-order valence-corrected chi connectivity index (χ0v) is 21.5. The number of sulfonamides is 1. The molecule has 0 unspecified atom stereocenters. The van der Waals surface area contributed by atoms with Gasteiger partial charge >= 0.3 is 15.5 Å². The molecule has 1 N–H and O–H groups in total. The molecule has 0 spiro atoms. The predicted octanol–water partition coefficient (Wildman–Crippen LogP) is 4.78. The highest BCUT2D eigenvalue weighted by Gasteiger charge is 2.46. The van der Waals surface area contributed by atoms with Crippen LogP contribution in [0.15, 0.2) is 80.2 Å². The van der Waals surface area contributed by atoms with E-state index < -0.39 is 77.5 Å². The molecule has 16 heteroatoms. The summed E-state index contributed by atoms with van der Waals surface area (Å²) in [5.41, 5.74) is -5.64. The lowest BCUT2D eigenvalue weighted by Crippen LogP contribution is -2.37. The summed E-state index contributed by atoms with van der Waals surface area (Å²) in [7, 11) is -15.6. The number of alkyl halides is 3. The molecule has 3 rings (SSSR count). The minimum absolute atomic E-state index is 0.0628. The van der Waals surface area contributed by atoms with Crippen molar-refractivity contribution in [1.82, 2.24) is 4.72 Å². The van der Waals surface area contributed by atoms with Crippen molar-refractivity contribution >= 4 is 41.3 Å². The summed E-state index contributed by atoms with van der Waals surface area (Å²) in [5, 5.41) is -0.590. The first kappa shape index (κ1) is 29.0. The maximum absolute atomic E-state index is 14.3. The van der Waals surface area contributed by atoms with E-state index in [-0.39, 0.29) is 5.56 Å². The molecule has 0 aliphatic rings. The zero-order valence-electron chi connectivity index (χ0n) is 18.3. The molecule has 0 fully saturated rings. The predicted molar refractivity (Wildman–Crippen MR) is 122 cm³/mol. The fourth-order valence-corrected chi connectivity index (χ4v) is 8.03. The molecule has 7 nitrogen and oxygen atoms in total. The standard InChI is InChI=1S/C21H15ClF5NO6S3/c1-12(28-37(33,34)21(25,26)27)13-8-10-14(11-9-13)35(29,30)19-15(22)4-2-7-18(19)36(31,32)20-16(23)5-3-6-17(20)24/h2-12,28H,1H3/t12-/m0/s1. The fraction of sp³-hybridized carbons (Fsp3) is 0.143. The minimum Gasteiger partial charge on any atom is -0.218 e. The molecule has 0 bridgehead atoms. The molecule has 1 atom stereocenters. The van der Waals surface area contributed by atoms with Crippen LogP contribution in [0.5, 0.6) is 0 Å². The van der Waals surface area contributed by atoms with Gasteiger partial charge in [0.15, 0.2) is 0 Å². The molecule has 0 aliphatic carbocycles. The molecule has 0 saturated heterocycles. The summed E-state index contributed by atoms with van der Waals surface area (Å²) < 4.78 is 143. The molecular formula is C21H15ClF5NO6S3. The molecular weight excluding hydrogens is 589 g/mol. The highest BCUT2D eigenvalue weighted by molar-refractivity contribution is 7.94. The van der Waals surface area contributed by atoms with Crippen LogP contribution in [0.2, 0.25) is 5.02 Å². The lowest BCUT2D eigenvalue weighted by molar-refractivity contribution is -0.0450. The molecule has 3 aromatic rings. The summed E-state index contributed by atoms with van der Waals surface area (Å²) in [4.78, 5) is -3.98. The zero-order chi connectivity index (χ0) is 28.0. The van der Waals surface area contributed by atoms with Crippen molar-refractivity contribution < 1.29 is 47.2 Å². The van der Waals surface area contributed by atoms with Gasteiger partial charge in [-0.25, -0.2) is 38.8 Å². The second-order valence-electron chi connectivity index (χ2n) is 7.48. The molecule has 37 heavy (non-hydrogen) atoms. The third-order valence-electron chi connectivity index (χ3n) is 5.00. The van der Waals surface area contributed by atoms with Crippen LogP contribution < -0.4 is 4.72 Å². The monoisotopic (exact) mass is 603 g/mol. The smallest absolute Gasteiger partial charge is 0.218 e. The lowest BCUT2D eigenvalue weighted by atomic mass is 10.1. The van der Waals surface area contributed by atoms with Crippen LogP contribution in [0, 0.1) is 11.6 Å². The van der Waals surface area contributed by atoms with Gasteiger partial charge in [0, 0.05) is 6.04 Å². The van der Waals surface area contributed by atoms with Crippen LogP contribution >= 0.6 is 11.6 Å². The van der Waals surface area contributed by atoms with E-state index in [0.29, 0.717) is 12.1 Å². The van der Waals surface area contributed by atoms with Crippen molar-refractivity contribution in [2.24, 2.45) is 0 Å². The summed E-state index contributed by atoms with van der Waals surface area (Å²) in [6.07, 6.45) is 0. The maximum atomic E-state index is 14.3. The first-order valence-electron chi connectivity index (χ1n) is 9.82. The van der Waals surface area contributed by atoms with E-state index in [1.54, 1.807) is 0 Å². The maximum Gasteiger partial charge on any atom is 0.511 e. The van der Waals surface area contributed by atoms with E-state index in [1.165, 1.54) is 4.72 Å². The number of rotatable bonds is 7. The summed E-state index contributed by atoms with van der Waals surface area (Å²) in [6.45, 7) is 1.08. The normalized spacial score (nSPS) is 13.9. The van der Waals surface area contributed by atoms with Gasteiger partial charge in [-0.3, -0.25) is 0 Å². The van der Waals surface area contributed by atoms with E-state index >= 15 is 0 Å². The van der Waals surface area contributed by atoms with Crippen molar-refractivity contribution in [2.75, 3.05) is 0 Å². The lowest BCUT2D eigenvalue weighted by Gasteiger charge is -2.17. The second-order valence-corrected chi connectivity index (χ2v) is 13.3. The van der Waals surface area contributed by atoms with Crippen molar-refractivity contribution in [3.63, 3.8) is 0 Å². The SMILES string of the molecule is C[C@H](NS(=O)(=O)C(F)(F)F)c1ccc(S(=O)(=O)c2c(Cl)cccc2S(=O)(=O)c2c(F)cccc2F)cc1. The van der Waals surface area contributed by atoms with Crippen LogP contribution in [0.1, 0.15) is 18.5 Å². The summed E-state index contributed by atoms with van der Waals surface area (Å²) in [6, 6.07) is 7.47. The van der Waals surface area contributed by atoms with Gasteiger partial charge in [-0.1, -0.05) is 35.9 Å². The van der Waals surface area contributed by atoms with E-state index in [0.717, 1.165) is 55.5 Å². The summed E-state index contributed by atoms with van der Waals surface area (Å²) in [5.74, 6) is -2.94. The van der Waals surface area contributed by atoms with Gasteiger partial charge < -0.3 is 0 Å². The molecule has 0 saturated carbocycles. The van der Waals surface area contributed by atoms with E-state index in [9.17, 15) is 47.2 Å². The number of sulfone groups is 2. The fourth-order valence-electron chi connectivity index (χ4n) is 3.23. The first-order valence-corrected chi connectivity index (χ1v) is 14.7. The van der Waals surface area contributed by atoms with Gasteiger partial charge in [0.2, 0.25) is 19.7 Å². The Labute approximate surface area is 213 Å². The Bertz CT molecular complexity index is 1650. The molecule has 0 heterocycles. The van der Waals surface area contributed by atoms with Crippen LogP contribution in [0.3, 0.4) is 0 Å². The number of nitrogens with one attached hydrogen (secondary N) is 1. The average molecular weight is 604 g/mol. The molecule has 3 aromatic carbocycles. The van der Waals surface area contributed by atoms with Crippen molar-refractivity contribution in [1.29, 1.82) is 0 Å².